The maximum atomic E-state index is 11.8. The lowest BCUT2D eigenvalue weighted by molar-refractivity contribution is -0.116. The minimum absolute atomic E-state index is 0.123. The minimum Gasteiger partial charge on any atom is -0.497 e. The van der Waals surface area contributed by atoms with E-state index in [0.717, 1.165) is 38.6 Å². The van der Waals surface area contributed by atoms with Crippen LogP contribution in [-0.4, -0.2) is 32.7 Å². The second kappa shape index (κ2) is 8.09. The molecule has 2 aromatic heterocycles. The van der Waals surface area contributed by atoms with Gasteiger partial charge in [0.15, 0.2) is 0 Å². The van der Waals surface area contributed by atoms with E-state index in [0.29, 0.717) is 0 Å². The van der Waals surface area contributed by atoms with Gasteiger partial charge in [0.2, 0.25) is 0 Å². The zero-order valence-corrected chi connectivity index (χ0v) is 17.3. The number of Topliss-reactive ketones (excluding diaryl/α,β-unsaturated/α-hetero) is 1. The number of ketones is 1. The van der Waals surface area contributed by atoms with Crippen molar-refractivity contribution in [2.24, 2.45) is 0 Å². The second-order valence-corrected chi connectivity index (χ2v) is 8.05. The molecule has 0 radical (unpaired) electrons. The highest BCUT2D eigenvalue weighted by molar-refractivity contribution is 8.00. The molecule has 0 saturated carbocycles. The molecule has 0 saturated heterocycles. The van der Waals surface area contributed by atoms with Crippen molar-refractivity contribution >= 4 is 28.6 Å². The van der Waals surface area contributed by atoms with Crippen molar-refractivity contribution in [2.45, 2.75) is 24.1 Å². The molecule has 0 aliphatic rings. The number of methoxy groups -OCH3 is 1. The number of carbonyl (C=O) groups excluding carboxylic acids is 1. The van der Waals surface area contributed by atoms with Gasteiger partial charge >= 0.3 is 0 Å². The first-order chi connectivity index (χ1) is 14.1. The summed E-state index contributed by atoms with van der Waals surface area (Å²) in [6.45, 7) is 3.51. The highest BCUT2D eigenvalue weighted by atomic mass is 32.2. The van der Waals surface area contributed by atoms with E-state index >= 15 is 0 Å². The number of carbonyl (C=O) groups is 1. The van der Waals surface area contributed by atoms with Gasteiger partial charge in [-0.2, -0.15) is 0 Å². The zero-order valence-electron chi connectivity index (χ0n) is 16.5. The molecule has 0 fully saturated rings. The third kappa shape index (κ3) is 3.76. The lowest BCUT2D eigenvalue weighted by Crippen LogP contribution is -2.08. The molecule has 0 bridgehead atoms. The van der Waals surface area contributed by atoms with Gasteiger partial charge < -0.3 is 9.30 Å². The largest absolute Gasteiger partial charge is 0.497 e. The van der Waals surface area contributed by atoms with Crippen molar-refractivity contribution < 1.29 is 9.53 Å². The van der Waals surface area contributed by atoms with Crippen LogP contribution in [0.15, 0.2) is 72.1 Å². The summed E-state index contributed by atoms with van der Waals surface area (Å²) in [5, 5.41) is 1.58. The Morgan fingerprint density at radius 1 is 1.07 bits per heavy atom. The van der Waals surface area contributed by atoms with E-state index < -0.39 is 0 Å². The Morgan fingerprint density at radius 3 is 2.45 bits per heavy atom. The maximum absolute atomic E-state index is 11.8. The molecule has 1 atom stereocenters. The first kappa shape index (κ1) is 19.2. The molecular weight excluding hydrogens is 382 g/mol. The lowest BCUT2D eigenvalue weighted by atomic mass is 10.1. The topological polar surface area (TPSA) is 57.0 Å². The van der Waals surface area contributed by atoms with E-state index in [4.69, 9.17) is 4.74 Å². The summed E-state index contributed by atoms with van der Waals surface area (Å²) in [6.07, 6.45) is 3.64. The summed E-state index contributed by atoms with van der Waals surface area (Å²) in [4.78, 5) is 20.9. The van der Waals surface area contributed by atoms with Gasteiger partial charge in [0.1, 0.15) is 28.5 Å². The predicted molar refractivity (Wildman–Crippen MR) is 117 cm³/mol. The fourth-order valence-corrected chi connectivity index (χ4v) is 4.08. The average Bonchev–Trinajstić information content (AvgIpc) is 3.15. The first-order valence-electron chi connectivity index (χ1n) is 9.31. The first-order valence-corrected chi connectivity index (χ1v) is 10.2. The van der Waals surface area contributed by atoms with Gasteiger partial charge in [-0.1, -0.05) is 42.1 Å². The van der Waals surface area contributed by atoms with Gasteiger partial charge in [-0.05, 0) is 43.7 Å². The average molecular weight is 404 g/mol. The van der Waals surface area contributed by atoms with E-state index in [-0.39, 0.29) is 11.0 Å². The van der Waals surface area contributed by atoms with Crippen LogP contribution in [0.5, 0.6) is 5.75 Å². The van der Waals surface area contributed by atoms with E-state index in [2.05, 4.69) is 32.9 Å². The molecule has 4 rings (SSSR count). The quantitative estimate of drug-likeness (QED) is 0.328. The second-order valence-electron chi connectivity index (χ2n) is 6.72. The van der Waals surface area contributed by atoms with E-state index in [1.807, 2.05) is 49.4 Å². The van der Waals surface area contributed by atoms with Crippen LogP contribution < -0.4 is 4.74 Å². The molecule has 0 amide bonds. The lowest BCUT2D eigenvalue weighted by Gasteiger charge is -2.09. The Morgan fingerprint density at radius 2 is 1.79 bits per heavy atom. The van der Waals surface area contributed by atoms with E-state index in [1.54, 1.807) is 20.4 Å². The summed E-state index contributed by atoms with van der Waals surface area (Å²) >= 11 is 1.47. The smallest absolute Gasteiger partial charge is 0.149 e. The van der Waals surface area contributed by atoms with Crippen molar-refractivity contribution in [2.75, 3.05) is 7.11 Å². The Labute approximate surface area is 173 Å². The van der Waals surface area contributed by atoms with Crippen molar-refractivity contribution in [1.29, 1.82) is 0 Å². The minimum atomic E-state index is -0.180. The number of nitrogens with zero attached hydrogens (tertiary/aromatic N) is 3. The Balaban J connectivity index is 1.95. The van der Waals surface area contributed by atoms with Crippen LogP contribution in [0.3, 0.4) is 0 Å². The Kier molecular flexibility index (Phi) is 5.36. The van der Waals surface area contributed by atoms with Gasteiger partial charge in [0, 0.05) is 17.4 Å². The van der Waals surface area contributed by atoms with Crippen molar-refractivity contribution in [3.8, 4) is 22.6 Å². The molecule has 0 aliphatic heterocycles. The number of thioether (sulfide) groups is 1. The molecule has 4 aromatic rings. The zero-order chi connectivity index (χ0) is 20.4. The number of hydrogen-bond acceptors (Lipinski definition) is 5. The number of ether oxygens (including phenoxy) is 1. The molecule has 0 aliphatic carbocycles. The summed E-state index contributed by atoms with van der Waals surface area (Å²) < 4.78 is 7.34. The Bertz CT molecular complexity index is 1150. The third-order valence-electron chi connectivity index (χ3n) is 4.84. The molecule has 2 aromatic carbocycles. The van der Waals surface area contributed by atoms with Crippen LogP contribution in [0.4, 0.5) is 0 Å². The summed E-state index contributed by atoms with van der Waals surface area (Å²) in [6, 6.07) is 18.0. The van der Waals surface area contributed by atoms with Crippen molar-refractivity contribution in [3.05, 3.63) is 67.1 Å². The predicted octanol–water partition coefficient (Wildman–Crippen LogP) is 5.17. The van der Waals surface area contributed by atoms with Crippen LogP contribution in [0.2, 0.25) is 0 Å². The highest BCUT2D eigenvalue weighted by Crippen LogP contribution is 2.38. The Hall–Kier alpha value is -3.12. The van der Waals surface area contributed by atoms with E-state index in [9.17, 15) is 4.79 Å². The van der Waals surface area contributed by atoms with Crippen molar-refractivity contribution in [3.63, 3.8) is 0 Å². The molecule has 2 heterocycles. The van der Waals surface area contributed by atoms with Crippen molar-refractivity contribution in [1.82, 2.24) is 14.5 Å². The molecule has 6 heteroatoms. The number of rotatable bonds is 6. The number of hydrogen-bond donors (Lipinski definition) is 0. The molecule has 0 spiro atoms. The van der Waals surface area contributed by atoms with Gasteiger partial charge in [-0.25, -0.2) is 9.97 Å². The van der Waals surface area contributed by atoms with Gasteiger partial charge in [-0.3, -0.25) is 4.79 Å². The number of benzene rings is 2. The molecule has 29 heavy (non-hydrogen) atoms. The van der Waals surface area contributed by atoms with Crippen LogP contribution in [0.25, 0.3) is 27.8 Å². The third-order valence-corrected chi connectivity index (χ3v) is 6.06. The normalized spacial score (nSPS) is 12.1. The molecule has 5 nitrogen and oxygen atoms in total. The van der Waals surface area contributed by atoms with Crippen LogP contribution in [0, 0.1) is 0 Å². The SMILES string of the molecule is COc1ccc(-n2cc(-c3ccccc3)c3c(S[C@@H](C)C(C)=O)ncnc32)cc1. The van der Waals surface area contributed by atoms with Gasteiger partial charge in [0.25, 0.3) is 0 Å². The molecule has 0 unspecified atom stereocenters. The molecule has 146 valence electrons. The van der Waals surface area contributed by atoms with Crippen LogP contribution in [0.1, 0.15) is 13.8 Å². The van der Waals surface area contributed by atoms with Gasteiger partial charge in [0.05, 0.1) is 17.7 Å². The van der Waals surface area contributed by atoms with Crippen LogP contribution in [-0.2, 0) is 4.79 Å². The number of fused-ring (bicyclic) bond motifs is 1. The standard InChI is InChI=1S/C23H21N3O2S/c1-15(27)16(2)29-23-21-20(17-7-5-4-6-8-17)13-26(22(21)24-14-25-23)18-9-11-19(28-3)12-10-18/h4-14,16H,1-3H3/t16-/m0/s1. The highest BCUT2D eigenvalue weighted by Gasteiger charge is 2.20. The molecule has 0 N–H and O–H groups in total. The molecular formula is C23H21N3O2S. The van der Waals surface area contributed by atoms with E-state index in [1.165, 1.54) is 11.8 Å². The van der Waals surface area contributed by atoms with Gasteiger partial charge in [-0.15, -0.1) is 0 Å². The number of aromatic nitrogens is 3. The van der Waals surface area contributed by atoms with Crippen LogP contribution >= 0.6 is 11.8 Å². The fourth-order valence-electron chi connectivity index (χ4n) is 3.15. The monoisotopic (exact) mass is 403 g/mol. The summed E-state index contributed by atoms with van der Waals surface area (Å²) in [7, 11) is 1.65. The maximum Gasteiger partial charge on any atom is 0.149 e. The fraction of sp³-hybridized carbons (Fsp3) is 0.174. The summed E-state index contributed by atoms with van der Waals surface area (Å²) in [5.74, 6) is 0.923. The summed E-state index contributed by atoms with van der Waals surface area (Å²) in [5.41, 5.74) is 3.90.